The molecule has 0 aromatic heterocycles. The fourth-order valence-corrected chi connectivity index (χ4v) is 1.36. The number of amides is 1. The number of hydrogen-bond acceptors (Lipinski definition) is 3. The van der Waals surface area contributed by atoms with Crippen molar-refractivity contribution < 1.29 is 4.79 Å². The number of carbonyl (C=O) groups excluding carboxylic acids is 1. The molecule has 1 unspecified atom stereocenters. The molecule has 15 heavy (non-hydrogen) atoms. The van der Waals surface area contributed by atoms with Crippen LogP contribution in [0.3, 0.4) is 0 Å². The summed E-state index contributed by atoms with van der Waals surface area (Å²) in [5, 5.41) is 2.79. The van der Waals surface area contributed by atoms with E-state index in [-0.39, 0.29) is 5.91 Å². The minimum absolute atomic E-state index is 0.0712. The lowest BCUT2D eigenvalue weighted by atomic mass is 10.00. The topological polar surface area (TPSA) is 81.1 Å². The van der Waals surface area contributed by atoms with Gasteiger partial charge in [-0.15, -0.1) is 0 Å². The Morgan fingerprint density at radius 1 is 1.40 bits per heavy atom. The predicted octanol–water partition coefficient (Wildman–Crippen LogP) is 0.383. The molecule has 4 nitrogen and oxygen atoms in total. The van der Waals surface area contributed by atoms with Crippen LogP contribution in [0.1, 0.15) is 26.2 Å². The summed E-state index contributed by atoms with van der Waals surface area (Å²) in [5.74, 6) is 0.412. The van der Waals surface area contributed by atoms with Gasteiger partial charge in [-0.3, -0.25) is 4.79 Å². The monoisotopic (exact) mass is 213 g/mol. The number of nitrogens with one attached hydrogen (secondary N) is 1. The van der Waals surface area contributed by atoms with Crippen molar-refractivity contribution in [3.05, 3.63) is 12.2 Å². The molecule has 0 bridgehead atoms. The number of hydrogen-bond donors (Lipinski definition) is 3. The van der Waals surface area contributed by atoms with Crippen LogP contribution >= 0.6 is 0 Å². The first-order chi connectivity index (χ1) is 7.11. The van der Waals surface area contributed by atoms with E-state index in [2.05, 4.69) is 11.9 Å². The van der Waals surface area contributed by atoms with Crippen molar-refractivity contribution in [2.24, 2.45) is 17.4 Å². The first-order valence-corrected chi connectivity index (χ1v) is 5.45. The van der Waals surface area contributed by atoms with Crippen LogP contribution in [0.4, 0.5) is 0 Å². The highest BCUT2D eigenvalue weighted by Crippen LogP contribution is 2.07. The normalized spacial score (nSPS) is 12.2. The zero-order valence-electron chi connectivity index (χ0n) is 9.59. The molecule has 0 saturated carbocycles. The Morgan fingerprint density at radius 2 is 2.07 bits per heavy atom. The second-order valence-corrected chi connectivity index (χ2v) is 3.86. The molecule has 0 saturated heterocycles. The quantitative estimate of drug-likeness (QED) is 0.403. The fourth-order valence-electron chi connectivity index (χ4n) is 1.36. The summed E-state index contributed by atoms with van der Waals surface area (Å²) >= 11 is 0. The predicted molar refractivity (Wildman–Crippen MR) is 63.3 cm³/mol. The Labute approximate surface area is 92.1 Å². The fraction of sp³-hybridized carbons (Fsp3) is 0.727. The molecule has 0 aromatic carbocycles. The maximum atomic E-state index is 11.1. The van der Waals surface area contributed by atoms with Gasteiger partial charge in [-0.1, -0.05) is 6.58 Å². The van der Waals surface area contributed by atoms with Gasteiger partial charge in [-0.25, -0.2) is 0 Å². The lowest BCUT2D eigenvalue weighted by Crippen LogP contribution is -2.26. The second-order valence-electron chi connectivity index (χ2n) is 3.86. The lowest BCUT2D eigenvalue weighted by Gasteiger charge is -2.13. The average molecular weight is 213 g/mol. The molecule has 4 heteroatoms. The van der Waals surface area contributed by atoms with E-state index >= 15 is 0 Å². The van der Waals surface area contributed by atoms with Gasteiger partial charge in [0.25, 0.3) is 0 Å². The highest BCUT2D eigenvalue weighted by Gasteiger charge is 2.05. The first kappa shape index (κ1) is 14.1. The van der Waals surface area contributed by atoms with Gasteiger partial charge in [-0.05, 0) is 45.2 Å². The van der Waals surface area contributed by atoms with Crippen LogP contribution in [-0.4, -0.2) is 25.5 Å². The Hall–Kier alpha value is -0.870. The van der Waals surface area contributed by atoms with Gasteiger partial charge in [0.15, 0.2) is 0 Å². The van der Waals surface area contributed by atoms with Crippen molar-refractivity contribution in [1.82, 2.24) is 5.32 Å². The highest BCUT2D eigenvalue weighted by molar-refractivity contribution is 5.91. The van der Waals surface area contributed by atoms with Crippen LogP contribution in [0, 0.1) is 5.92 Å². The standard InChI is InChI=1S/C11H23N3O/c1-9(2)11(15)14-7-3-4-10(8-13)5-6-12/h10H,1,3-8,12-13H2,2H3,(H,14,15). The van der Waals surface area contributed by atoms with E-state index in [4.69, 9.17) is 11.5 Å². The zero-order chi connectivity index (χ0) is 11.7. The van der Waals surface area contributed by atoms with Gasteiger partial charge in [-0.2, -0.15) is 0 Å². The molecule has 88 valence electrons. The minimum Gasteiger partial charge on any atom is -0.352 e. The van der Waals surface area contributed by atoms with Crippen LogP contribution in [0.2, 0.25) is 0 Å². The molecule has 0 spiro atoms. The molecule has 0 heterocycles. The number of nitrogens with two attached hydrogens (primary N) is 2. The second kappa shape index (κ2) is 8.44. The van der Waals surface area contributed by atoms with Crippen molar-refractivity contribution >= 4 is 5.91 Å². The average Bonchev–Trinajstić information content (AvgIpc) is 2.22. The Morgan fingerprint density at radius 3 is 2.53 bits per heavy atom. The summed E-state index contributed by atoms with van der Waals surface area (Å²) in [4.78, 5) is 11.1. The Balaban J connectivity index is 3.52. The van der Waals surface area contributed by atoms with Crippen LogP contribution in [0.5, 0.6) is 0 Å². The van der Waals surface area contributed by atoms with E-state index in [0.29, 0.717) is 31.1 Å². The van der Waals surface area contributed by atoms with Crippen molar-refractivity contribution in [3.8, 4) is 0 Å². The van der Waals surface area contributed by atoms with Crippen LogP contribution < -0.4 is 16.8 Å². The van der Waals surface area contributed by atoms with Crippen molar-refractivity contribution in [1.29, 1.82) is 0 Å². The van der Waals surface area contributed by atoms with Gasteiger partial charge in [0.2, 0.25) is 5.91 Å². The Bertz CT molecular complexity index is 204. The number of rotatable bonds is 8. The molecular weight excluding hydrogens is 190 g/mol. The van der Waals surface area contributed by atoms with E-state index in [0.717, 1.165) is 19.3 Å². The maximum absolute atomic E-state index is 11.1. The van der Waals surface area contributed by atoms with Gasteiger partial charge in [0, 0.05) is 12.1 Å². The SMILES string of the molecule is C=C(C)C(=O)NCCCC(CN)CCN. The lowest BCUT2D eigenvalue weighted by molar-refractivity contribution is -0.117. The van der Waals surface area contributed by atoms with Gasteiger partial charge >= 0.3 is 0 Å². The van der Waals surface area contributed by atoms with Crippen molar-refractivity contribution in [3.63, 3.8) is 0 Å². The summed E-state index contributed by atoms with van der Waals surface area (Å²) < 4.78 is 0. The first-order valence-electron chi connectivity index (χ1n) is 5.45. The van der Waals surface area contributed by atoms with Crippen molar-refractivity contribution in [2.45, 2.75) is 26.2 Å². The van der Waals surface area contributed by atoms with Crippen molar-refractivity contribution in [2.75, 3.05) is 19.6 Å². The third-order valence-electron chi connectivity index (χ3n) is 2.37. The minimum atomic E-state index is -0.0712. The maximum Gasteiger partial charge on any atom is 0.246 e. The molecule has 0 rings (SSSR count). The summed E-state index contributed by atoms with van der Waals surface area (Å²) in [7, 11) is 0. The molecule has 0 aliphatic rings. The van der Waals surface area contributed by atoms with Gasteiger partial charge < -0.3 is 16.8 Å². The summed E-state index contributed by atoms with van der Waals surface area (Å²) in [6, 6.07) is 0. The molecule has 5 N–H and O–H groups in total. The highest BCUT2D eigenvalue weighted by atomic mass is 16.1. The molecule has 0 fully saturated rings. The smallest absolute Gasteiger partial charge is 0.246 e. The molecule has 1 amide bonds. The molecule has 0 aliphatic carbocycles. The molecule has 1 atom stereocenters. The molecular formula is C11H23N3O. The van der Waals surface area contributed by atoms with Gasteiger partial charge in [0.1, 0.15) is 0 Å². The molecule has 0 radical (unpaired) electrons. The molecule has 0 aromatic rings. The Kier molecular flexibility index (Phi) is 7.95. The van der Waals surface area contributed by atoms with Gasteiger partial charge in [0.05, 0.1) is 0 Å². The third-order valence-corrected chi connectivity index (χ3v) is 2.37. The van der Waals surface area contributed by atoms with Crippen LogP contribution in [-0.2, 0) is 4.79 Å². The zero-order valence-corrected chi connectivity index (χ0v) is 9.59. The summed E-state index contributed by atoms with van der Waals surface area (Å²) in [5.41, 5.74) is 11.6. The van der Waals surface area contributed by atoms with E-state index in [9.17, 15) is 4.79 Å². The largest absolute Gasteiger partial charge is 0.352 e. The van der Waals surface area contributed by atoms with E-state index in [1.165, 1.54) is 0 Å². The molecule has 0 aliphatic heterocycles. The third kappa shape index (κ3) is 7.11. The van der Waals surface area contributed by atoms with Crippen LogP contribution in [0.25, 0.3) is 0 Å². The van der Waals surface area contributed by atoms with Crippen LogP contribution in [0.15, 0.2) is 12.2 Å². The van der Waals surface area contributed by atoms with E-state index in [1.807, 2.05) is 0 Å². The van der Waals surface area contributed by atoms with E-state index < -0.39 is 0 Å². The summed E-state index contributed by atoms with van der Waals surface area (Å²) in [6.07, 6.45) is 2.93. The number of carbonyl (C=O) groups is 1. The summed E-state index contributed by atoms with van der Waals surface area (Å²) in [6.45, 7) is 7.31. The van der Waals surface area contributed by atoms with E-state index in [1.54, 1.807) is 6.92 Å².